The highest BCUT2D eigenvalue weighted by Crippen LogP contribution is 2.35. The Labute approximate surface area is 108 Å². The van der Waals surface area contributed by atoms with Crippen LogP contribution in [0.25, 0.3) is 6.08 Å². The average Bonchev–Trinajstić information content (AvgIpc) is 2.44. The number of benzene rings is 1. The van der Waals surface area contributed by atoms with E-state index in [0.717, 1.165) is 42.9 Å². The van der Waals surface area contributed by atoms with E-state index in [1.165, 1.54) is 0 Å². The van der Waals surface area contributed by atoms with Gasteiger partial charge in [-0.25, -0.2) is 0 Å². The van der Waals surface area contributed by atoms with Crippen LogP contribution in [-0.4, -0.2) is 36.3 Å². The first kappa shape index (κ1) is 11.6. The minimum Gasteiger partial charge on any atom is -0.497 e. The number of aliphatic hydroxyl groups excluding tert-OH is 1. The predicted molar refractivity (Wildman–Crippen MR) is 71.3 cm³/mol. The van der Waals surface area contributed by atoms with Crippen molar-refractivity contribution in [3.05, 3.63) is 35.5 Å². The van der Waals surface area contributed by atoms with Crippen LogP contribution in [0, 0.1) is 5.92 Å². The first-order chi connectivity index (χ1) is 8.78. The van der Waals surface area contributed by atoms with Gasteiger partial charge in [-0.3, -0.25) is 0 Å². The van der Waals surface area contributed by atoms with Crippen LogP contribution in [0.5, 0.6) is 5.75 Å². The number of hydrogen-bond acceptors (Lipinski definition) is 3. The molecule has 3 aliphatic rings. The monoisotopic (exact) mass is 245 g/mol. The van der Waals surface area contributed by atoms with E-state index < -0.39 is 0 Å². The lowest BCUT2D eigenvalue weighted by atomic mass is 9.83. The van der Waals surface area contributed by atoms with E-state index in [1.54, 1.807) is 7.11 Å². The van der Waals surface area contributed by atoms with Gasteiger partial charge in [0.25, 0.3) is 0 Å². The SMILES string of the molecule is COc1ccc(/C=C2\C(O)C3CCN2CC3)cc1. The van der Waals surface area contributed by atoms with Crippen LogP contribution in [0.3, 0.4) is 0 Å². The van der Waals surface area contributed by atoms with Gasteiger partial charge < -0.3 is 14.7 Å². The normalized spacial score (nSPS) is 28.8. The summed E-state index contributed by atoms with van der Waals surface area (Å²) >= 11 is 0. The second-order valence-electron chi connectivity index (χ2n) is 5.11. The molecule has 3 heteroatoms. The van der Waals surface area contributed by atoms with Crippen LogP contribution in [-0.2, 0) is 0 Å². The van der Waals surface area contributed by atoms with Crippen molar-refractivity contribution < 1.29 is 9.84 Å². The molecule has 4 rings (SSSR count). The first-order valence-corrected chi connectivity index (χ1v) is 6.56. The van der Waals surface area contributed by atoms with Gasteiger partial charge in [0.1, 0.15) is 5.75 Å². The molecule has 96 valence electrons. The Morgan fingerprint density at radius 3 is 2.44 bits per heavy atom. The van der Waals surface area contributed by atoms with Gasteiger partial charge in [-0.15, -0.1) is 0 Å². The second-order valence-corrected chi connectivity index (χ2v) is 5.11. The fourth-order valence-corrected chi connectivity index (χ4v) is 2.95. The number of rotatable bonds is 2. The quantitative estimate of drug-likeness (QED) is 0.866. The highest BCUT2D eigenvalue weighted by Gasteiger charge is 2.36. The summed E-state index contributed by atoms with van der Waals surface area (Å²) in [5.41, 5.74) is 2.21. The molecule has 3 heterocycles. The molecule has 3 nitrogen and oxygen atoms in total. The lowest BCUT2D eigenvalue weighted by molar-refractivity contribution is 0.0215. The molecule has 1 atom stereocenters. The summed E-state index contributed by atoms with van der Waals surface area (Å²) in [5, 5.41) is 10.3. The average molecular weight is 245 g/mol. The van der Waals surface area contributed by atoms with E-state index in [0.29, 0.717) is 5.92 Å². The summed E-state index contributed by atoms with van der Waals surface area (Å²) in [5.74, 6) is 1.32. The topological polar surface area (TPSA) is 32.7 Å². The molecule has 3 saturated heterocycles. The molecule has 0 spiro atoms. The largest absolute Gasteiger partial charge is 0.497 e. The minimum atomic E-state index is -0.283. The molecule has 18 heavy (non-hydrogen) atoms. The Hall–Kier alpha value is -1.48. The summed E-state index contributed by atoms with van der Waals surface area (Å²) in [6.07, 6.45) is 4.08. The zero-order chi connectivity index (χ0) is 12.5. The summed E-state index contributed by atoms with van der Waals surface area (Å²) < 4.78 is 5.15. The smallest absolute Gasteiger partial charge is 0.118 e. The number of aliphatic hydroxyl groups is 1. The van der Waals surface area contributed by atoms with Crippen molar-refractivity contribution in [3.63, 3.8) is 0 Å². The van der Waals surface area contributed by atoms with Crippen molar-refractivity contribution in [2.75, 3.05) is 20.2 Å². The van der Waals surface area contributed by atoms with E-state index in [2.05, 4.69) is 11.0 Å². The highest BCUT2D eigenvalue weighted by atomic mass is 16.5. The minimum absolute atomic E-state index is 0.283. The van der Waals surface area contributed by atoms with Gasteiger partial charge in [-0.1, -0.05) is 12.1 Å². The van der Waals surface area contributed by atoms with Crippen LogP contribution in [0.4, 0.5) is 0 Å². The van der Waals surface area contributed by atoms with Gasteiger partial charge in [0.05, 0.1) is 13.2 Å². The van der Waals surface area contributed by atoms with Gasteiger partial charge in [0, 0.05) is 18.8 Å². The molecule has 1 unspecified atom stereocenters. The van der Waals surface area contributed by atoms with E-state index >= 15 is 0 Å². The fraction of sp³-hybridized carbons (Fsp3) is 0.467. The van der Waals surface area contributed by atoms with Crippen molar-refractivity contribution in [1.29, 1.82) is 0 Å². The van der Waals surface area contributed by atoms with Crippen molar-refractivity contribution in [3.8, 4) is 5.75 Å². The Balaban J connectivity index is 1.86. The number of methoxy groups -OCH3 is 1. The van der Waals surface area contributed by atoms with E-state index in [1.807, 2.05) is 24.3 Å². The maximum absolute atomic E-state index is 10.3. The van der Waals surface area contributed by atoms with Crippen LogP contribution < -0.4 is 4.74 Å². The Kier molecular flexibility index (Phi) is 3.00. The number of piperidine rings is 3. The molecular weight excluding hydrogens is 226 g/mol. The molecule has 1 aromatic carbocycles. The van der Waals surface area contributed by atoms with Crippen molar-refractivity contribution >= 4 is 6.08 Å². The molecule has 0 amide bonds. The molecule has 1 N–H and O–H groups in total. The van der Waals surface area contributed by atoms with Crippen LogP contribution >= 0.6 is 0 Å². The summed E-state index contributed by atoms with van der Waals surface area (Å²) in [6, 6.07) is 7.97. The highest BCUT2D eigenvalue weighted by molar-refractivity contribution is 5.55. The standard InChI is InChI=1S/C15H19NO2/c1-18-13-4-2-11(3-5-13)10-14-15(17)12-6-8-16(14)9-7-12/h2-5,10,12,15,17H,6-9H2,1H3/b14-10+. The molecule has 1 aromatic rings. The Morgan fingerprint density at radius 2 is 1.89 bits per heavy atom. The molecule has 3 fully saturated rings. The predicted octanol–water partition coefficient (Wildman–Crippen LogP) is 2.12. The van der Waals surface area contributed by atoms with Crippen molar-refractivity contribution in [2.45, 2.75) is 18.9 Å². The summed E-state index contributed by atoms with van der Waals surface area (Å²) in [7, 11) is 1.67. The second kappa shape index (κ2) is 4.65. The van der Waals surface area contributed by atoms with Gasteiger partial charge in [-0.2, -0.15) is 0 Å². The number of hydrogen-bond donors (Lipinski definition) is 1. The molecule has 2 bridgehead atoms. The Morgan fingerprint density at radius 1 is 1.22 bits per heavy atom. The van der Waals surface area contributed by atoms with Gasteiger partial charge in [0.2, 0.25) is 0 Å². The van der Waals surface area contributed by atoms with Gasteiger partial charge >= 0.3 is 0 Å². The Bertz CT molecular complexity index is 440. The molecule has 0 radical (unpaired) electrons. The fourth-order valence-electron chi connectivity index (χ4n) is 2.95. The molecule has 3 aliphatic heterocycles. The third-order valence-electron chi connectivity index (χ3n) is 4.08. The van der Waals surface area contributed by atoms with Gasteiger partial charge in [-0.05, 0) is 42.5 Å². The number of fused-ring (bicyclic) bond motifs is 3. The zero-order valence-corrected chi connectivity index (χ0v) is 10.7. The van der Waals surface area contributed by atoms with E-state index in [4.69, 9.17) is 4.74 Å². The molecule has 0 aromatic heterocycles. The molecule has 0 aliphatic carbocycles. The van der Waals surface area contributed by atoms with E-state index in [9.17, 15) is 5.11 Å². The maximum Gasteiger partial charge on any atom is 0.118 e. The van der Waals surface area contributed by atoms with Crippen LogP contribution in [0.1, 0.15) is 18.4 Å². The first-order valence-electron chi connectivity index (χ1n) is 6.56. The van der Waals surface area contributed by atoms with Crippen LogP contribution in [0.15, 0.2) is 30.0 Å². The third kappa shape index (κ3) is 1.99. The van der Waals surface area contributed by atoms with E-state index in [-0.39, 0.29) is 6.10 Å². The summed E-state index contributed by atoms with van der Waals surface area (Å²) in [6.45, 7) is 2.17. The third-order valence-corrected chi connectivity index (χ3v) is 4.08. The van der Waals surface area contributed by atoms with Gasteiger partial charge in [0.15, 0.2) is 0 Å². The molecular formula is C15H19NO2. The van der Waals surface area contributed by atoms with Crippen molar-refractivity contribution in [2.24, 2.45) is 5.92 Å². The number of ether oxygens (including phenoxy) is 1. The maximum atomic E-state index is 10.3. The lowest BCUT2D eigenvalue weighted by Crippen LogP contribution is -2.48. The number of nitrogens with zero attached hydrogens (tertiary/aromatic N) is 1. The molecule has 0 saturated carbocycles. The van der Waals surface area contributed by atoms with Crippen molar-refractivity contribution in [1.82, 2.24) is 4.90 Å². The van der Waals surface area contributed by atoms with Crippen LogP contribution in [0.2, 0.25) is 0 Å². The summed E-state index contributed by atoms with van der Waals surface area (Å²) in [4.78, 5) is 2.31. The zero-order valence-electron chi connectivity index (χ0n) is 10.7. The lowest BCUT2D eigenvalue weighted by Gasteiger charge is -2.45.